The van der Waals surface area contributed by atoms with E-state index in [0.717, 1.165) is 6.42 Å². The Bertz CT molecular complexity index is 268. The fourth-order valence-electron chi connectivity index (χ4n) is 1.62. The molecule has 0 aliphatic carbocycles. The Morgan fingerprint density at radius 3 is 2.75 bits per heavy atom. The highest BCUT2D eigenvalue weighted by Gasteiger charge is 2.25. The lowest BCUT2D eigenvalue weighted by Gasteiger charge is -2.20. The minimum Gasteiger partial charge on any atom is -0.354 e. The third kappa shape index (κ3) is 3.81. The first-order valence-corrected chi connectivity index (χ1v) is 5.86. The Morgan fingerprint density at radius 1 is 1.56 bits per heavy atom. The lowest BCUT2D eigenvalue weighted by Crippen LogP contribution is -2.49. The van der Waals surface area contributed by atoms with E-state index in [0.29, 0.717) is 13.0 Å². The van der Waals surface area contributed by atoms with Crippen molar-refractivity contribution >= 4 is 11.8 Å². The molecule has 1 saturated heterocycles. The molecule has 1 fully saturated rings. The summed E-state index contributed by atoms with van der Waals surface area (Å²) in [6.07, 6.45) is 1.38. The lowest BCUT2D eigenvalue weighted by atomic mass is 10.2. The van der Waals surface area contributed by atoms with Crippen LogP contribution in [-0.2, 0) is 9.59 Å². The largest absolute Gasteiger partial charge is 0.354 e. The van der Waals surface area contributed by atoms with E-state index in [1.165, 1.54) is 0 Å². The van der Waals surface area contributed by atoms with Crippen LogP contribution in [0.15, 0.2) is 0 Å². The van der Waals surface area contributed by atoms with Crippen molar-refractivity contribution in [2.24, 2.45) is 0 Å². The van der Waals surface area contributed by atoms with Crippen LogP contribution in [0.5, 0.6) is 0 Å². The van der Waals surface area contributed by atoms with Gasteiger partial charge in [-0.05, 0) is 20.3 Å². The maximum Gasteiger partial charge on any atom is 0.237 e. The van der Waals surface area contributed by atoms with Crippen molar-refractivity contribution in [1.29, 1.82) is 0 Å². The van der Waals surface area contributed by atoms with E-state index in [1.807, 2.05) is 20.8 Å². The molecule has 1 aliphatic heterocycles. The zero-order valence-electron chi connectivity index (χ0n) is 10.2. The van der Waals surface area contributed by atoms with Crippen molar-refractivity contribution in [1.82, 2.24) is 16.0 Å². The second-order valence-corrected chi connectivity index (χ2v) is 4.41. The van der Waals surface area contributed by atoms with Gasteiger partial charge in [0.25, 0.3) is 0 Å². The fraction of sp³-hybridized carbons (Fsp3) is 0.818. The molecule has 5 heteroatoms. The van der Waals surface area contributed by atoms with Crippen molar-refractivity contribution in [2.45, 2.75) is 51.7 Å². The summed E-state index contributed by atoms with van der Waals surface area (Å²) in [5.74, 6) is 0.0423. The van der Waals surface area contributed by atoms with Crippen molar-refractivity contribution in [2.75, 3.05) is 6.54 Å². The molecule has 16 heavy (non-hydrogen) atoms. The summed E-state index contributed by atoms with van der Waals surface area (Å²) in [6.45, 7) is 6.44. The van der Waals surface area contributed by atoms with E-state index in [1.54, 1.807) is 0 Å². The van der Waals surface area contributed by atoms with Gasteiger partial charge in [0, 0.05) is 25.0 Å². The van der Waals surface area contributed by atoms with Crippen LogP contribution in [0, 0.1) is 0 Å². The summed E-state index contributed by atoms with van der Waals surface area (Å²) in [5.41, 5.74) is 0. The first-order chi connectivity index (χ1) is 7.52. The molecule has 92 valence electrons. The maximum absolute atomic E-state index is 11.7. The van der Waals surface area contributed by atoms with Gasteiger partial charge in [-0.25, -0.2) is 0 Å². The molecule has 0 spiro atoms. The normalized spacial score (nSPS) is 23.7. The molecular formula is C11H21N3O2. The minimum absolute atomic E-state index is 0.00583. The average molecular weight is 227 g/mol. The highest BCUT2D eigenvalue weighted by atomic mass is 16.2. The van der Waals surface area contributed by atoms with Gasteiger partial charge >= 0.3 is 0 Å². The van der Waals surface area contributed by atoms with Gasteiger partial charge in [-0.15, -0.1) is 0 Å². The topological polar surface area (TPSA) is 70.2 Å². The van der Waals surface area contributed by atoms with Crippen LogP contribution in [0.4, 0.5) is 0 Å². The summed E-state index contributed by atoms with van der Waals surface area (Å²) in [5, 5.41) is 8.78. The summed E-state index contributed by atoms with van der Waals surface area (Å²) in [6, 6.07) is 0.0111. The molecular weight excluding hydrogens is 206 g/mol. The van der Waals surface area contributed by atoms with E-state index >= 15 is 0 Å². The van der Waals surface area contributed by atoms with Gasteiger partial charge in [-0.3, -0.25) is 9.59 Å². The molecule has 0 radical (unpaired) electrons. The molecule has 0 aromatic rings. The first-order valence-electron chi connectivity index (χ1n) is 5.86. The van der Waals surface area contributed by atoms with Gasteiger partial charge in [-0.1, -0.05) is 6.92 Å². The zero-order valence-corrected chi connectivity index (χ0v) is 10.2. The molecule has 1 rings (SSSR count). The second-order valence-electron chi connectivity index (χ2n) is 4.41. The van der Waals surface area contributed by atoms with Crippen molar-refractivity contribution in [3.8, 4) is 0 Å². The lowest BCUT2D eigenvalue weighted by molar-refractivity contribution is -0.124. The first kappa shape index (κ1) is 13.0. The Kier molecular flexibility index (Phi) is 4.73. The van der Waals surface area contributed by atoms with E-state index in [2.05, 4.69) is 16.0 Å². The fourth-order valence-corrected chi connectivity index (χ4v) is 1.62. The molecule has 2 amide bonds. The van der Waals surface area contributed by atoms with E-state index < -0.39 is 0 Å². The monoisotopic (exact) mass is 227 g/mol. The predicted molar refractivity (Wildman–Crippen MR) is 61.9 cm³/mol. The van der Waals surface area contributed by atoms with Crippen molar-refractivity contribution in [3.63, 3.8) is 0 Å². The van der Waals surface area contributed by atoms with Crippen LogP contribution in [-0.4, -0.2) is 36.5 Å². The smallest absolute Gasteiger partial charge is 0.237 e. The molecule has 3 N–H and O–H groups in total. The SMILES string of the molecule is CCC(C)NC(=O)C(C)NC1CNC(=O)C1. The van der Waals surface area contributed by atoms with Crippen LogP contribution in [0.1, 0.15) is 33.6 Å². The third-order valence-electron chi connectivity index (χ3n) is 2.86. The van der Waals surface area contributed by atoms with E-state index in [-0.39, 0.29) is 29.9 Å². The summed E-state index contributed by atoms with van der Waals surface area (Å²) in [7, 11) is 0. The molecule has 0 aromatic heterocycles. The van der Waals surface area contributed by atoms with Crippen LogP contribution in [0.3, 0.4) is 0 Å². The van der Waals surface area contributed by atoms with Gasteiger partial charge in [0.05, 0.1) is 6.04 Å². The van der Waals surface area contributed by atoms with Gasteiger partial charge in [0.15, 0.2) is 0 Å². The van der Waals surface area contributed by atoms with Crippen LogP contribution in [0.25, 0.3) is 0 Å². The van der Waals surface area contributed by atoms with Crippen LogP contribution >= 0.6 is 0 Å². The third-order valence-corrected chi connectivity index (χ3v) is 2.86. The van der Waals surface area contributed by atoms with E-state index in [9.17, 15) is 9.59 Å². The molecule has 0 aromatic carbocycles. The van der Waals surface area contributed by atoms with Gasteiger partial charge in [-0.2, -0.15) is 0 Å². The van der Waals surface area contributed by atoms with Crippen molar-refractivity contribution < 1.29 is 9.59 Å². The van der Waals surface area contributed by atoms with Gasteiger partial charge in [0.2, 0.25) is 11.8 Å². The molecule has 5 nitrogen and oxygen atoms in total. The predicted octanol–water partition coefficient (Wildman–Crippen LogP) is -0.232. The second kappa shape index (κ2) is 5.84. The number of hydrogen-bond acceptors (Lipinski definition) is 3. The number of hydrogen-bond donors (Lipinski definition) is 3. The van der Waals surface area contributed by atoms with E-state index in [4.69, 9.17) is 0 Å². The molecule has 0 saturated carbocycles. The molecule has 1 aliphatic rings. The zero-order chi connectivity index (χ0) is 12.1. The number of carbonyl (C=O) groups is 2. The highest BCUT2D eigenvalue weighted by Crippen LogP contribution is 2.01. The molecule has 1 heterocycles. The minimum atomic E-state index is -0.258. The molecule has 3 atom stereocenters. The highest BCUT2D eigenvalue weighted by molar-refractivity contribution is 5.82. The van der Waals surface area contributed by atoms with Crippen LogP contribution in [0.2, 0.25) is 0 Å². The number of carbonyl (C=O) groups excluding carboxylic acids is 2. The Morgan fingerprint density at radius 2 is 2.25 bits per heavy atom. The number of amides is 2. The Hall–Kier alpha value is -1.10. The Balaban J connectivity index is 2.31. The number of nitrogens with one attached hydrogen (secondary N) is 3. The Labute approximate surface area is 96.4 Å². The summed E-state index contributed by atoms with van der Waals surface area (Å²) >= 11 is 0. The molecule has 3 unspecified atom stereocenters. The molecule has 0 bridgehead atoms. The average Bonchev–Trinajstić information content (AvgIpc) is 2.63. The van der Waals surface area contributed by atoms with Gasteiger partial charge < -0.3 is 16.0 Å². The number of rotatable bonds is 5. The standard InChI is InChI=1S/C11H21N3O2/c1-4-7(2)13-11(16)8(3)14-9-5-10(15)12-6-9/h7-9,14H,4-6H2,1-3H3,(H,12,15)(H,13,16). The summed E-state index contributed by atoms with van der Waals surface area (Å²) < 4.78 is 0. The quantitative estimate of drug-likeness (QED) is 0.607. The summed E-state index contributed by atoms with van der Waals surface area (Å²) in [4.78, 5) is 22.7. The van der Waals surface area contributed by atoms with Crippen LogP contribution < -0.4 is 16.0 Å². The maximum atomic E-state index is 11.7. The van der Waals surface area contributed by atoms with Crippen molar-refractivity contribution in [3.05, 3.63) is 0 Å². The van der Waals surface area contributed by atoms with Gasteiger partial charge in [0.1, 0.15) is 0 Å².